The Morgan fingerprint density at radius 2 is 1.20 bits per heavy atom. The van der Waals surface area contributed by atoms with Crippen molar-refractivity contribution in [2.45, 2.75) is 179 Å². The zero-order valence-corrected chi connectivity index (χ0v) is 55.9. The largest absolute Gasteiger partial charge is 0.493 e. The van der Waals surface area contributed by atoms with Crippen LogP contribution in [0.2, 0.25) is 0 Å². The molecule has 0 aromatic heterocycles. The number of amides is 6. The molecule has 9 rings (SSSR count). The van der Waals surface area contributed by atoms with Gasteiger partial charge in [-0.05, 0) is 47.9 Å². The number of hydrogen-bond donors (Lipinski definition) is 24. The van der Waals surface area contributed by atoms with Crippen LogP contribution in [-0.2, 0) is 65.5 Å². The van der Waals surface area contributed by atoms with Gasteiger partial charge in [-0.15, -0.1) is 0 Å². The van der Waals surface area contributed by atoms with E-state index in [4.69, 9.17) is 48.7 Å². The second-order valence-electron chi connectivity index (χ2n) is 25.4. The van der Waals surface area contributed by atoms with Crippen LogP contribution in [0.15, 0.2) is 72.8 Å². The molecule has 3 aromatic rings. The molecule has 103 heavy (non-hydrogen) atoms. The number of hydrogen-bond acceptors (Lipinski definition) is 29. The number of guanidine groups is 2. The molecule has 0 saturated carbocycles. The molecule has 0 bridgehead atoms. The quantitative estimate of drug-likeness (QED) is 0.0419. The maximum absolute atomic E-state index is 15.2. The van der Waals surface area contributed by atoms with Gasteiger partial charge in [-0.25, -0.2) is 0 Å². The first kappa shape index (κ1) is 78.8. The summed E-state index contributed by atoms with van der Waals surface area (Å²) in [7, 11) is 1.48. The van der Waals surface area contributed by atoms with E-state index in [0.29, 0.717) is 29.2 Å². The van der Waals surface area contributed by atoms with Crippen LogP contribution in [0.3, 0.4) is 0 Å². The zero-order chi connectivity index (χ0) is 74.7. The van der Waals surface area contributed by atoms with Gasteiger partial charge in [0.2, 0.25) is 41.7 Å². The molecule has 3 aromatic carbocycles. The fraction of sp³-hybridized carbons (Fsp3) is 0.594. The summed E-state index contributed by atoms with van der Waals surface area (Å²) in [6.45, 7) is -1.31. The molecule has 0 radical (unpaired) electrons. The molecule has 39 heteroatoms. The lowest BCUT2D eigenvalue weighted by molar-refractivity contribution is -0.353. The average molecular weight is 1460 g/mol. The lowest BCUT2D eigenvalue weighted by atomic mass is 9.92. The molecule has 568 valence electrons. The van der Waals surface area contributed by atoms with Crippen molar-refractivity contribution >= 4 is 47.4 Å². The Balaban J connectivity index is 0.968. The van der Waals surface area contributed by atoms with Crippen LogP contribution in [-0.4, -0.2) is 325 Å². The highest BCUT2D eigenvalue weighted by Gasteiger charge is 2.55. The van der Waals surface area contributed by atoms with Gasteiger partial charge in [-0.2, -0.15) is 0 Å². The van der Waals surface area contributed by atoms with Gasteiger partial charge in [0, 0.05) is 25.4 Å². The monoisotopic (exact) mass is 1460 g/mol. The number of nitrogens with one attached hydrogen (secondary N) is 11. The molecule has 39 nitrogen and oxygen atoms in total. The van der Waals surface area contributed by atoms with Crippen molar-refractivity contribution in [1.82, 2.24) is 52.8 Å². The van der Waals surface area contributed by atoms with Crippen LogP contribution >= 0.6 is 0 Å². The van der Waals surface area contributed by atoms with E-state index in [2.05, 4.69) is 47.9 Å². The number of rotatable bonds is 23. The number of nitrogens with zero attached hydrogens (tertiary/aromatic N) is 1. The molecule has 24 N–H and O–H groups in total. The van der Waals surface area contributed by atoms with Crippen molar-refractivity contribution in [3.05, 3.63) is 89.5 Å². The van der Waals surface area contributed by atoms with Crippen molar-refractivity contribution in [3.63, 3.8) is 0 Å². The van der Waals surface area contributed by atoms with E-state index >= 15 is 9.59 Å². The van der Waals surface area contributed by atoms with E-state index in [1.165, 1.54) is 31.4 Å². The minimum Gasteiger partial charge on any atom is -0.493 e. The van der Waals surface area contributed by atoms with E-state index in [9.17, 15) is 85.6 Å². The fourth-order valence-electron chi connectivity index (χ4n) is 12.6. The molecule has 6 aliphatic heterocycles. The lowest BCUT2D eigenvalue weighted by Gasteiger charge is -2.46. The van der Waals surface area contributed by atoms with E-state index in [0.717, 1.165) is 4.90 Å². The van der Waals surface area contributed by atoms with Gasteiger partial charge in [-0.1, -0.05) is 55.5 Å². The summed E-state index contributed by atoms with van der Waals surface area (Å²) in [4.78, 5) is 88.4. The van der Waals surface area contributed by atoms with E-state index in [-0.39, 0.29) is 37.0 Å². The number of benzene rings is 3. The Morgan fingerprint density at radius 3 is 1.86 bits per heavy atom. The Labute approximate surface area is 588 Å². The predicted octanol–water partition coefficient (Wildman–Crippen LogP) is -10.6. The fourth-order valence-corrected chi connectivity index (χ4v) is 12.6. The summed E-state index contributed by atoms with van der Waals surface area (Å²) < 4.78 is 46.0. The Morgan fingerprint density at radius 1 is 0.583 bits per heavy atom. The molecule has 0 spiro atoms. The van der Waals surface area contributed by atoms with Crippen molar-refractivity contribution in [2.75, 3.05) is 59.8 Å². The predicted molar refractivity (Wildman–Crippen MR) is 348 cm³/mol. The summed E-state index contributed by atoms with van der Waals surface area (Å²) in [5.74, 6) is -8.40. The van der Waals surface area contributed by atoms with E-state index < -0.39 is 233 Å². The average Bonchev–Trinajstić information content (AvgIpc) is 1.74. The Bertz CT molecular complexity index is 3410. The molecular weight excluding hydrogens is 1370 g/mol. The third-order valence-corrected chi connectivity index (χ3v) is 18.5. The first-order valence-corrected chi connectivity index (χ1v) is 33.1. The standard InChI is InChI=1S/C64H90N12O27/c1-4-98-36-17-28(12-15-35(36)96-3)24-97-25-39-47(84)49(86)52(89)62(102-39)103-54-38(23-79)101-61(53(90)50(54)87)99-30-13-10-27(11-14-30)16-31-56(92)74-42(44(81)32-18-68-63(65)72-32)59(95)75-43(45(82)34-19-69-64(66)76(34)60-51(88)48(85)46(83)37(22-78)100-60)58(94)71-33(21-77)55(91)67-20-40(80)73-41(57(93)70-31)26(2)29-8-6-5-7-9-29/h5-15,17,26,31-34,37-39,41-54,60-62,77-79,81-90H,4,16,18-25H2,1-3H3,(H2,66,69)(H,67,91)(H,70,93)(H,71,94)(H,73,80)(H,74,92)(H,75,95)(H3,65,68,72). The van der Waals surface area contributed by atoms with Gasteiger partial charge in [0.15, 0.2) is 35.9 Å². The third-order valence-electron chi connectivity index (χ3n) is 18.5. The molecule has 6 amide bonds. The number of aliphatic hydroxyl groups excluding tert-OH is 13. The number of aliphatic hydroxyl groups is 13. The maximum atomic E-state index is 15.2. The number of carbonyl (C=O) groups excluding carboxylic acids is 6. The van der Waals surface area contributed by atoms with E-state index in [1.54, 1.807) is 62.4 Å². The zero-order valence-electron chi connectivity index (χ0n) is 55.9. The molecule has 0 aliphatic carbocycles. The van der Waals surface area contributed by atoms with Crippen molar-refractivity contribution in [2.24, 2.45) is 0 Å². The molecular formula is C64H90N12O27. The van der Waals surface area contributed by atoms with Crippen LogP contribution in [0.1, 0.15) is 36.5 Å². The van der Waals surface area contributed by atoms with E-state index in [1.807, 2.05) is 0 Å². The normalized spacial score (nSPS) is 34.5. The molecule has 6 aliphatic rings. The second kappa shape index (κ2) is 35.5. The lowest BCUT2D eigenvalue weighted by Crippen LogP contribution is -2.69. The topological polar surface area (TPSA) is 598 Å². The molecule has 6 saturated heterocycles. The second-order valence-corrected chi connectivity index (χ2v) is 25.4. The summed E-state index contributed by atoms with van der Waals surface area (Å²) >= 11 is 0. The van der Waals surface area contributed by atoms with Gasteiger partial charge in [0.25, 0.3) is 0 Å². The van der Waals surface area contributed by atoms with Crippen LogP contribution < -0.4 is 62.1 Å². The number of ether oxygens (including phenoxy) is 8. The van der Waals surface area contributed by atoms with Gasteiger partial charge in [0.1, 0.15) is 121 Å². The highest BCUT2D eigenvalue weighted by atomic mass is 16.7. The summed E-state index contributed by atoms with van der Waals surface area (Å²) in [5.41, 5.74) is 1.34. The smallest absolute Gasteiger partial charge is 0.246 e. The van der Waals surface area contributed by atoms with Crippen LogP contribution in [0.4, 0.5) is 0 Å². The van der Waals surface area contributed by atoms with Crippen LogP contribution in [0, 0.1) is 10.8 Å². The highest BCUT2D eigenvalue weighted by Crippen LogP contribution is 2.34. The van der Waals surface area contributed by atoms with Crippen LogP contribution in [0.25, 0.3) is 0 Å². The third kappa shape index (κ3) is 18.4. The number of carbonyl (C=O) groups is 6. The highest BCUT2D eigenvalue weighted by molar-refractivity contribution is 5.98. The first-order chi connectivity index (χ1) is 49.2. The van der Waals surface area contributed by atoms with Crippen LogP contribution in [0.5, 0.6) is 17.2 Å². The Hall–Kier alpha value is -8.30. The van der Waals surface area contributed by atoms with Gasteiger partial charge in [0.05, 0.1) is 65.4 Å². The summed E-state index contributed by atoms with van der Waals surface area (Å²) in [6, 6.07) is 5.79. The summed E-state index contributed by atoms with van der Waals surface area (Å²) in [6.07, 6.45) is -31.8. The van der Waals surface area contributed by atoms with Gasteiger partial charge < -0.3 is 157 Å². The molecule has 25 atom stereocenters. The van der Waals surface area contributed by atoms with Crippen molar-refractivity contribution in [3.8, 4) is 17.2 Å². The van der Waals surface area contributed by atoms with Gasteiger partial charge in [-0.3, -0.25) is 39.6 Å². The molecule has 6 fully saturated rings. The maximum Gasteiger partial charge on any atom is 0.246 e. The van der Waals surface area contributed by atoms with Crippen molar-refractivity contribution < 1.29 is 133 Å². The van der Waals surface area contributed by atoms with Crippen molar-refractivity contribution in [1.29, 1.82) is 10.8 Å². The summed E-state index contributed by atoms with van der Waals surface area (Å²) in [5, 5.41) is 183. The minimum atomic E-state index is -2.37. The minimum absolute atomic E-state index is 0.0237. The number of methoxy groups -OCH3 is 1. The molecule has 25 unspecified atom stereocenters. The molecule has 6 heterocycles. The van der Waals surface area contributed by atoms with Gasteiger partial charge >= 0.3 is 0 Å². The first-order valence-electron chi connectivity index (χ1n) is 33.1. The Kier molecular flexibility index (Phi) is 27.1. The SMILES string of the molecule is CCOc1cc(COCC2OC(OC3C(CO)OC(Oc4ccc(CC5NC(=O)C(C(C)c6ccccc6)NC(=O)CNC(=O)C(CO)NC(=O)C(C(O)C6CNC(=N)N6C6OC(CO)C(O)C(O)C6O)NC(=O)C(C(O)C6CNC(=N)N6)NC5=O)cc4)C(O)C3O)C(O)C(O)C2O)ccc1OC.